The Bertz CT molecular complexity index is 628. The number of aliphatic hydroxyl groups is 1. The fourth-order valence-electron chi connectivity index (χ4n) is 3.44. The highest BCUT2D eigenvalue weighted by Gasteiger charge is 2.31. The van der Waals surface area contributed by atoms with Gasteiger partial charge in [0.25, 0.3) is 0 Å². The van der Waals surface area contributed by atoms with E-state index in [-0.39, 0.29) is 5.76 Å². The first kappa shape index (κ1) is 19.4. The zero-order chi connectivity index (χ0) is 18.1. The highest BCUT2D eigenvalue weighted by Crippen LogP contribution is 2.30. The minimum absolute atomic E-state index is 0.00359. The summed E-state index contributed by atoms with van der Waals surface area (Å²) < 4.78 is 0. The van der Waals surface area contributed by atoms with Crippen molar-refractivity contribution in [2.45, 2.75) is 77.6 Å². The smallest absolute Gasteiger partial charge is 0.234 e. The van der Waals surface area contributed by atoms with Crippen molar-refractivity contribution in [2.75, 3.05) is 0 Å². The number of allylic oxidation sites excluding steroid dienone is 1. The van der Waals surface area contributed by atoms with E-state index < -0.39 is 11.6 Å². The molecule has 0 saturated heterocycles. The highest BCUT2D eigenvalue weighted by molar-refractivity contribution is 6.52. The number of ketones is 2. The molecule has 0 radical (unpaired) electrons. The van der Waals surface area contributed by atoms with Crippen molar-refractivity contribution < 1.29 is 14.7 Å². The number of carbonyl (C=O) groups excluding carboxylic acids is 2. The monoisotopic (exact) mass is 342 g/mol. The third-order valence-electron chi connectivity index (χ3n) is 4.97. The molecule has 3 heteroatoms. The normalized spacial score (nSPS) is 14.1. The lowest BCUT2D eigenvalue weighted by Gasteiger charge is -2.17. The number of fused-ring (bicyclic) bond motifs is 1. The molecule has 0 amide bonds. The SMILES string of the molecule is CCCCCCCCCCCCC1=C(O)c2ccccc2C(=O)C1=O. The van der Waals surface area contributed by atoms with E-state index in [0.717, 1.165) is 19.3 Å². The zero-order valence-corrected chi connectivity index (χ0v) is 15.4. The van der Waals surface area contributed by atoms with Gasteiger partial charge >= 0.3 is 0 Å². The second-order valence-electron chi connectivity index (χ2n) is 6.96. The molecule has 0 unspecified atom stereocenters. The van der Waals surface area contributed by atoms with E-state index in [1.165, 1.54) is 44.9 Å². The van der Waals surface area contributed by atoms with E-state index in [2.05, 4.69) is 6.92 Å². The van der Waals surface area contributed by atoms with Crippen molar-refractivity contribution in [3.05, 3.63) is 41.0 Å². The van der Waals surface area contributed by atoms with Crippen molar-refractivity contribution in [3.8, 4) is 0 Å². The van der Waals surface area contributed by atoms with Gasteiger partial charge in [-0.3, -0.25) is 9.59 Å². The topological polar surface area (TPSA) is 54.4 Å². The maximum absolute atomic E-state index is 12.2. The Hall–Kier alpha value is -1.90. The first-order valence-electron chi connectivity index (χ1n) is 9.77. The predicted molar refractivity (Wildman–Crippen MR) is 102 cm³/mol. The Balaban J connectivity index is 1.74. The lowest BCUT2D eigenvalue weighted by atomic mass is 9.86. The van der Waals surface area contributed by atoms with Crippen LogP contribution in [0.15, 0.2) is 29.8 Å². The molecule has 0 aromatic heterocycles. The van der Waals surface area contributed by atoms with Gasteiger partial charge in [0.15, 0.2) is 0 Å². The second-order valence-corrected chi connectivity index (χ2v) is 6.96. The van der Waals surface area contributed by atoms with Crippen LogP contribution in [0.3, 0.4) is 0 Å². The summed E-state index contributed by atoms with van der Waals surface area (Å²) in [5, 5.41) is 10.4. The molecule has 0 heterocycles. The molecule has 0 atom stereocenters. The van der Waals surface area contributed by atoms with Gasteiger partial charge in [-0.05, 0) is 12.8 Å². The average Bonchev–Trinajstić information content (AvgIpc) is 2.64. The summed E-state index contributed by atoms with van der Waals surface area (Å²) in [6.07, 6.45) is 12.7. The van der Waals surface area contributed by atoms with Crippen molar-refractivity contribution in [2.24, 2.45) is 0 Å². The summed E-state index contributed by atoms with van der Waals surface area (Å²) in [4.78, 5) is 24.4. The van der Waals surface area contributed by atoms with Crippen LogP contribution in [0.4, 0.5) is 0 Å². The van der Waals surface area contributed by atoms with Gasteiger partial charge in [-0.15, -0.1) is 0 Å². The van der Waals surface area contributed by atoms with Crippen LogP contribution in [0.5, 0.6) is 0 Å². The number of hydrogen-bond donors (Lipinski definition) is 1. The molecule has 1 N–H and O–H groups in total. The highest BCUT2D eigenvalue weighted by atomic mass is 16.3. The Labute approximate surface area is 151 Å². The first-order valence-corrected chi connectivity index (χ1v) is 9.77. The Morgan fingerprint density at radius 1 is 0.720 bits per heavy atom. The standard InChI is InChI=1S/C22H30O3/c1-2-3-4-5-6-7-8-9-10-11-16-19-20(23)17-14-12-13-15-18(17)21(24)22(19)25/h12-15,23H,2-11,16H2,1H3. The van der Waals surface area contributed by atoms with E-state index in [1.807, 2.05) is 0 Å². The summed E-state index contributed by atoms with van der Waals surface area (Å²) >= 11 is 0. The minimum atomic E-state index is -0.535. The van der Waals surface area contributed by atoms with Crippen LogP contribution in [-0.4, -0.2) is 16.7 Å². The molecule has 0 saturated carbocycles. The molecule has 1 aromatic rings. The minimum Gasteiger partial charge on any atom is -0.507 e. The van der Waals surface area contributed by atoms with Gasteiger partial charge in [0.05, 0.1) is 0 Å². The number of carbonyl (C=O) groups is 2. The third kappa shape index (κ3) is 5.29. The summed E-state index contributed by atoms with van der Waals surface area (Å²) in [5.41, 5.74) is 1.11. The Kier molecular flexibility index (Phi) is 7.90. The molecule has 0 spiro atoms. The van der Waals surface area contributed by atoms with Gasteiger partial charge < -0.3 is 5.11 Å². The molecule has 2 rings (SSSR count). The lowest BCUT2D eigenvalue weighted by Crippen LogP contribution is -2.24. The van der Waals surface area contributed by atoms with Crippen LogP contribution < -0.4 is 0 Å². The van der Waals surface area contributed by atoms with Crippen LogP contribution >= 0.6 is 0 Å². The maximum Gasteiger partial charge on any atom is 0.234 e. The van der Waals surface area contributed by atoms with Crippen LogP contribution in [0.25, 0.3) is 5.76 Å². The van der Waals surface area contributed by atoms with Crippen LogP contribution in [0.2, 0.25) is 0 Å². The van der Waals surface area contributed by atoms with Crippen LogP contribution in [0.1, 0.15) is 93.5 Å². The molecule has 0 bridgehead atoms. The Morgan fingerprint density at radius 2 is 1.24 bits per heavy atom. The number of hydrogen-bond acceptors (Lipinski definition) is 3. The molecule has 0 fully saturated rings. The number of Topliss-reactive ketones (excluding diaryl/α,β-unsaturated/α-hetero) is 2. The largest absolute Gasteiger partial charge is 0.507 e. The fraction of sp³-hybridized carbons (Fsp3) is 0.545. The van der Waals surface area contributed by atoms with E-state index in [0.29, 0.717) is 23.1 Å². The molecule has 136 valence electrons. The summed E-state index contributed by atoms with van der Waals surface area (Å²) in [7, 11) is 0. The number of aliphatic hydroxyl groups excluding tert-OH is 1. The van der Waals surface area contributed by atoms with E-state index in [1.54, 1.807) is 24.3 Å². The van der Waals surface area contributed by atoms with Gasteiger partial charge in [0.2, 0.25) is 11.6 Å². The molecular formula is C22H30O3. The molecule has 1 aromatic carbocycles. The lowest BCUT2D eigenvalue weighted by molar-refractivity contribution is -0.112. The van der Waals surface area contributed by atoms with E-state index in [4.69, 9.17) is 0 Å². The van der Waals surface area contributed by atoms with Gasteiger partial charge in [0, 0.05) is 16.7 Å². The summed E-state index contributed by atoms with van der Waals surface area (Å²) in [5.74, 6) is -1.03. The van der Waals surface area contributed by atoms with Crippen molar-refractivity contribution in [1.82, 2.24) is 0 Å². The molecule has 3 nitrogen and oxygen atoms in total. The quantitative estimate of drug-likeness (QED) is 0.394. The van der Waals surface area contributed by atoms with Crippen LogP contribution in [0, 0.1) is 0 Å². The molecular weight excluding hydrogens is 312 g/mol. The van der Waals surface area contributed by atoms with Crippen LogP contribution in [-0.2, 0) is 4.79 Å². The average molecular weight is 342 g/mol. The maximum atomic E-state index is 12.2. The van der Waals surface area contributed by atoms with E-state index in [9.17, 15) is 14.7 Å². The van der Waals surface area contributed by atoms with Gasteiger partial charge in [0.1, 0.15) is 5.76 Å². The van der Waals surface area contributed by atoms with Crippen molar-refractivity contribution in [1.29, 1.82) is 0 Å². The molecule has 25 heavy (non-hydrogen) atoms. The van der Waals surface area contributed by atoms with Gasteiger partial charge in [-0.1, -0.05) is 89.0 Å². The molecule has 1 aliphatic carbocycles. The van der Waals surface area contributed by atoms with E-state index >= 15 is 0 Å². The zero-order valence-electron chi connectivity index (χ0n) is 15.4. The molecule has 1 aliphatic rings. The second kappa shape index (κ2) is 10.2. The third-order valence-corrected chi connectivity index (χ3v) is 4.97. The van der Waals surface area contributed by atoms with Crippen molar-refractivity contribution in [3.63, 3.8) is 0 Å². The summed E-state index contributed by atoms with van der Waals surface area (Å²) in [6, 6.07) is 6.79. The molecule has 0 aliphatic heterocycles. The van der Waals surface area contributed by atoms with Gasteiger partial charge in [-0.2, -0.15) is 0 Å². The predicted octanol–water partition coefficient (Wildman–Crippen LogP) is 6.03. The number of unbranched alkanes of at least 4 members (excludes halogenated alkanes) is 9. The Morgan fingerprint density at radius 3 is 1.84 bits per heavy atom. The number of rotatable bonds is 11. The van der Waals surface area contributed by atoms with Crippen molar-refractivity contribution >= 4 is 17.3 Å². The number of benzene rings is 1. The fourth-order valence-corrected chi connectivity index (χ4v) is 3.44. The first-order chi connectivity index (χ1) is 12.2. The summed E-state index contributed by atoms with van der Waals surface area (Å²) in [6.45, 7) is 2.23. The van der Waals surface area contributed by atoms with Gasteiger partial charge in [-0.25, -0.2) is 0 Å².